The molecule has 0 aliphatic rings. The van der Waals surface area contributed by atoms with Gasteiger partial charge in [0.05, 0.1) is 0 Å². The van der Waals surface area contributed by atoms with E-state index in [4.69, 9.17) is 11.6 Å². The maximum Gasteiger partial charge on any atom is 0.0407 e. The van der Waals surface area contributed by atoms with E-state index in [1.165, 1.54) is 0 Å². The number of halogens is 1. The molecule has 82 valence electrons. The minimum absolute atomic E-state index is 0.350. The molecule has 0 aliphatic heterocycles. The highest BCUT2D eigenvalue weighted by molar-refractivity contribution is 6.30. The molecule has 0 unspecified atom stereocenters. The Morgan fingerprint density at radius 3 is 2.19 bits per heavy atom. The fraction of sp³-hybridized carbons (Fsp3) is 0.0769. The van der Waals surface area contributed by atoms with Crippen LogP contribution in [0.3, 0.4) is 0 Å². The van der Waals surface area contributed by atoms with E-state index in [-0.39, 0.29) is 0 Å². The van der Waals surface area contributed by atoms with Gasteiger partial charge >= 0.3 is 0 Å². The van der Waals surface area contributed by atoms with Gasteiger partial charge in [-0.2, -0.15) is 0 Å². The van der Waals surface area contributed by atoms with Gasteiger partial charge in [0.2, 0.25) is 0 Å². The van der Waals surface area contributed by atoms with Crippen LogP contribution >= 0.6 is 11.6 Å². The summed E-state index contributed by atoms with van der Waals surface area (Å²) in [6, 6.07) is 16.5. The quantitative estimate of drug-likeness (QED) is 0.752. The van der Waals surface area contributed by atoms with E-state index in [1.807, 2.05) is 30.3 Å². The molecule has 0 amide bonds. The third kappa shape index (κ3) is 2.75. The van der Waals surface area contributed by atoms with Crippen molar-refractivity contribution in [3.63, 3.8) is 0 Å². The maximum atomic E-state index is 11.8. The monoisotopic (exact) mass is 232 g/mol. The van der Waals surface area contributed by atoms with Crippen LogP contribution in [0.25, 0.3) is 0 Å². The van der Waals surface area contributed by atoms with Crippen LogP contribution in [0.1, 0.15) is 5.56 Å². The van der Waals surface area contributed by atoms with Crippen molar-refractivity contribution in [2.75, 3.05) is 5.06 Å². The summed E-state index contributed by atoms with van der Waals surface area (Å²) in [6.07, 6.45) is 0. The molecule has 0 aromatic heterocycles. The van der Waals surface area contributed by atoms with Crippen LogP contribution in [0.5, 0.6) is 0 Å². The average Bonchev–Trinajstić information content (AvgIpc) is 2.31. The summed E-state index contributed by atoms with van der Waals surface area (Å²) in [7, 11) is 0. The van der Waals surface area contributed by atoms with Gasteiger partial charge in [-0.1, -0.05) is 41.9 Å². The summed E-state index contributed by atoms with van der Waals surface area (Å²) >= 11 is 5.76. The molecule has 0 radical (unpaired) electrons. The topological polar surface area (TPSA) is 26.3 Å². The Bertz CT molecular complexity index is 441. The van der Waals surface area contributed by atoms with E-state index in [0.29, 0.717) is 17.3 Å². The van der Waals surface area contributed by atoms with E-state index in [1.54, 1.807) is 24.3 Å². The van der Waals surface area contributed by atoms with Crippen molar-refractivity contribution >= 4 is 17.3 Å². The first-order valence-corrected chi connectivity index (χ1v) is 5.37. The molecule has 3 heteroatoms. The summed E-state index contributed by atoms with van der Waals surface area (Å²) < 4.78 is 0. The highest BCUT2D eigenvalue weighted by Crippen LogP contribution is 2.18. The summed E-state index contributed by atoms with van der Waals surface area (Å²) in [5, 5.41) is 13.4. The van der Waals surface area contributed by atoms with E-state index < -0.39 is 0 Å². The van der Waals surface area contributed by atoms with Gasteiger partial charge in [0.25, 0.3) is 0 Å². The van der Waals surface area contributed by atoms with Crippen molar-refractivity contribution in [3.05, 3.63) is 70.4 Å². The minimum Gasteiger partial charge on any atom is -0.758 e. The average molecular weight is 233 g/mol. The van der Waals surface area contributed by atoms with E-state index in [9.17, 15) is 5.21 Å². The predicted molar refractivity (Wildman–Crippen MR) is 67.4 cm³/mol. The SMILES string of the molecule is [O-]N(Cc1ccccc1)c1ccc(Cl)cc1. The zero-order chi connectivity index (χ0) is 11.4. The van der Waals surface area contributed by atoms with Crippen LogP contribution in [0.4, 0.5) is 5.69 Å². The lowest BCUT2D eigenvalue weighted by molar-refractivity contribution is 0.973. The van der Waals surface area contributed by atoms with Crippen molar-refractivity contribution in [1.29, 1.82) is 0 Å². The molecule has 0 heterocycles. The molecule has 0 saturated carbocycles. The second-order valence-corrected chi connectivity index (χ2v) is 3.94. The number of hydrogen-bond donors (Lipinski definition) is 0. The van der Waals surface area contributed by atoms with Crippen molar-refractivity contribution in [2.45, 2.75) is 6.54 Å². The molecule has 0 N–H and O–H groups in total. The van der Waals surface area contributed by atoms with Crippen LogP contribution in [-0.2, 0) is 6.54 Å². The van der Waals surface area contributed by atoms with Gasteiger partial charge < -0.3 is 10.3 Å². The zero-order valence-corrected chi connectivity index (χ0v) is 9.39. The van der Waals surface area contributed by atoms with Crippen LogP contribution in [0.2, 0.25) is 5.02 Å². The third-order valence-corrected chi connectivity index (χ3v) is 2.54. The van der Waals surface area contributed by atoms with E-state index >= 15 is 0 Å². The molecule has 0 saturated heterocycles. The second kappa shape index (κ2) is 5.01. The first-order valence-electron chi connectivity index (χ1n) is 5.00. The highest BCUT2D eigenvalue weighted by atomic mass is 35.5. The highest BCUT2D eigenvalue weighted by Gasteiger charge is 1.97. The van der Waals surface area contributed by atoms with Gasteiger partial charge in [-0.15, -0.1) is 0 Å². The molecule has 16 heavy (non-hydrogen) atoms. The summed E-state index contributed by atoms with van der Waals surface area (Å²) in [6.45, 7) is 0.350. The Balaban J connectivity index is 2.09. The Kier molecular flexibility index (Phi) is 3.44. The van der Waals surface area contributed by atoms with Gasteiger partial charge in [-0.25, -0.2) is 0 Å². The Labute approximate surface area is 99.7 Å². The lowest BCUT2D eigenvalue weighted by Gasteiger charge is -2.30. The van der Waals surface area contributed by atoms with Gasteiger partial charge in [-0.05, 0) is 29.8 Å². The first kappa shape index (κ1) is 11.0. The Hall–Kier alpha value is -1.51. The van der Waals surface area contributed by atoms with Gasteiger partial charge in [0, 0.05) is 17.3 Å². The summed E-state index contributed by atoms with van der Waals surface area (Å²) in [5.74, 6) is 0. The molecule has 0 spiro atoms. The minimum atomic E-state index is 0.350. The van der Waals surface area contributed by atoms with E-state index in [0.717, 1.165) is 10.6 Å². The molecule has 0 aliphatic carbocycles. The number of nitrogens with zero attached hydrogens (tertiary/aromatic N) is 1. The smallest absolute Gasteiger partial charge is 0.0407 e. The predicted octanol–water partition coefficient (Wildman–Crippen LogP) is 3.84. The molecule has 2 rings (SSSR count). The normalized spacial score (nSPS) is 10.1. The molecule has 0 bridgehead atoms. The molecular formula is C13H11ClNO-. The lowest BCUT2D eigenvalue weighted by atomic mass is 10.2. The number of hydrogen-bond acceptors (Lipinski definition) is 2. The fourth-order valence-electron chi connectivity index (χ4n) is 1.45. The number of benzene rings is 2. The molecule has 0 atom stereocenters. The largest absolute Gasteiger partial charge is 0.758 e. The fourth-order valence-corrected chi connectivity index (χ4v) is 1.57. The lowest BCUT2D eigenvalue weighted by Crippen LogP contribution is -2.13. The third-order valence-electron chi connectivity index (χ3n) is 2.28. The van der Waals surface area contributed by atoms with Crippen LogP contribution in [-0.4, -0.2) is 0 Å². The van der Waals surface area contributed by atoms with E-state index in [2.05, 4.69) is 0 Å². The van der Waals surface area contributed by atoms with Crippen LogP contribution < -0.4 is 5.06 Å². The molecule has 2 aromatic carbocycles. The Morgan fingerprint density at radius 2 is 1.56 bits per heavy atom. The number of anilines is 1. The second-order valence-electron chi connectivity index (χ2n) is 3.50. The number of rotatable bonds is 3. The van der Waals surface area contributed by atoms with Crippen molar-refractivity contribution < 1.29 is 0 Å². The molecule has 2 aromatic rings. The molecule has 2 nitrogen and oxygen atoms in total. The Morgan fingerprint density at radius 1 is 0.938 bits per heavy atom. The zero-order valence-electron chi connectivity index (χ0n) is 8.64. The van der Waals surface area contributed by atoms with Crippen molar-refractivity contribution in [1.82, 2.24) is 0 Å². The summed E-state index contributed by atoms with van der Waals surface area (Å²) in [4.78, 5) is 0. The first-order chi connectivity index (χ1) is 7.75. The van der Waals surface area contributed by atoms with Crippen LogP contribution in [0.15, 0.2) is 54.6 Å². The molecule has 0 fully saturated rings. The van der Waals surface area contributed by atoms with Gasteiger partial charge in [0.1, 0.15) is 0 Å². The number of hydroxylamine groups is 1. The maximum absolute atomic E-state index is 11.8. The van der Waals surface area contributed by atoms with Crippen molar-refractivity contribution in [3.8, 4) is 0 Å². The standard InChI is InChI=1S/C13H11ClNO/c14-12-6-8-13(9-7-12)15(16)10-11-4-2-1-3-5-11/h1-9H,10H2/q-1. The van der Waals surface area contributed by atoms with Gasteiger partial charge in [-0.3, -0.25) is 0 Å². The van der Waals surface area contributed by atoms with Crippen molar-refractivity contribution in [2.24, 2.45) is 0 Å². The summed E-state index contributed by atoms with van der Waals surface area (Å²) in [5.41, 5.74) is 1.61. The van der Waals surface area contributed by atoms with Gasteiger partial charge in [0.15, 0.2) is 0 Å². The van der Waals surface area contributed by atoms with Crippen LogP contribution in [0, 0.1) is 5.21 Å². The molecular weight excluding hydrogens is 222 g/mol.